The standard InChI is InChI=1S/C18H13ClF2N2O3S/c19-15-10-13(5-6-17(15)26-11-14-3-1-2-8-22-14)23-27(24,25)18-7-4-12(20)9-16(18)21/h1-10,23H,11H2. The van der Waals surface area contributed by atoms with Gasteiger partial charge in [0.05, 0.1) is 16.4 Å². The predicted molar refractivity (Wildman–Crippen MR) is 97.2 cm³/mol. The van der Waals surface area contributed by atoms with Crippen LogP contribution in [0.25, 0.3) is 0 Å². The first-order valence-electron chi connectivity index (χ1n) is 7.65. The van der Waals surface area contributed by atoms with Gasteiger partial charge in [0.15, 0.2) is 0 Å². The first kappa shape index (κ1) is 19.1. The van der Waals surface area contributed by atoms with Crippen LogP contribution in [0, 0.1) is 11.6 Å². The number of anilines is 1. The number of nitrogens with one attached hydrogen (secondary N) is 1. The number of nitrogens with zero attached hydrogens (tertiary/aromatic N) is 1. The lowest BCUT2D eigenvalue weighted by Gasteiger charge is -2.12. The molecule has 0 bridgehead atoms. The van der Waals surface area contributed by atoms with Crippen LogP contribution in [0.3, 0.4) is 0 Å². The number of rotatable bonds is 6. The van der Waals surface area contributed by atoms with Crippen molar-refractivity contribution >= 4 is 27.3 Å². The van der Waals surface area contributed by atoms with Crippen molar-refractivity contribution in [3.05, 3.63) is 83.1 Å². The Bertz CT molecular complexity index is 1060. The van der Waals surface area contributed by atoms with Gasteiger partial charge in [-0.1, -0.05) is 17.7 Å². The molecular weight excluding hydrogens is 398 g/mol. The van der Waals surface area contributed by atoms with Crippen molar-refractivity contribution in [1.82, 2.24) is 4.98 Å². The average molecular weight is 411 g/mol. The highest BCUT2D eigenvalue weighted by Crippen LogP contribution is 2.29. The van der Waals surface area contributed by atoms with Crippen molar-refractivity contribution in [2.45, 2.75) is 11.5 Å². The highest BCUT2D eigenvalue weighted by molar-refractivity contribution is 7.92. The normalized spacial score (nSPS) is 11.2. The summed E-state index contributed by atoms with van der Waals surface area (Å²) >= 11 is 6.12. The summed E-state index contributed by atoms with van der Waals surface area (Å²) in [7, 11) is -4.25. The molecule has 0 fully saturated rings. The Balaban J connectivity index is 1.75. The van der Waals surface area contributed by atoms with Gasteiger partial charge in [-0.05, 0) is 42.5 Å². The van der Waals surface area contributed by atoms with E-state index in [4.69, 9.17) is 16.3 Å². The van der Waals surface area contributed by atoms with Crippen LogP contribution in [0.1, 0.15) is 5.69 Å². The van der Waals surface area contributed by atoms with Gasteiger partial charge in [-0.25, -0.2) is 17.2 Å². The molecular formula is C18H13ClF2N2O3S. The molecule has 0 saturated carbocycles. The Hall–Kier alpha value is -2.71. The summed E-state index contributed by atoms with van der Waals surface area (Å²) in [5, 5.41) is 0.158. The fraction of sp³-hybridized carbons (Fsp3) is 0.0556. The van der Waals surface area contributed by atoms with E-state index >= 15 is 0 Å². The second-order valence-corrected chi connectivity index (χ2v) is 7.49. The van der Waals surface area contributed by atoms with Gasteiger partial charge < -0.3 is 4.74 Å². The number of sulfonamides is 1. The second-order valence-electron chi connectivity index (χ2n) is 5.44. The van der Waals surface area contributed by atoms with E-state index in [9.17, 15) is 17.2 Å². The van der Waals surface area contributed by atoms with E-state index in [0.29, 0.717) is 17.5 Å². The summed E-state index contributed by atoms with van der Waals surface area (Å²) in [6.45, 7) is 0.187. The van der Waals surface area contributed by atoms with Crippen molar-refractivity contribution in [2.75, 3.05) is 4.72 Å². The first-order valence-corrected chi connectivity index (χ1v) is 9.51. The highest BCUT2D eigenvalue weighted by Gasteiger charge is 2.20. The number of benzene rings is 2. The topological polar surface area (TPSA) is 68.3 Å². The summed E-state index contributed by atoms with van der Waals surface area (Å²) in [6.07, 6.45) is 1.63. The molecule has 0 atom stereocenters. The molecule has 0 amide bonds. The van der Waals surface area contributed by atoms with Gasteiger partial charge >= 0.3 is 0 Å². The zero-order valence-electron chi connectivity index (χ0n) is 13.7. The van der Waals surface area contributed by atoms with Gasteiger partial charge in [0, 0.05) is 12.3 Å². The van der Waals surface area contributed by atoms with Crippen LogP contribution in [-0.2, 0) is 16.6 Å². The Labute approximate surface area is 159 Å². The predicted octanol–water partition coefficient (Wildman–Crippen LogP) is 4.39. The molecule has 0 unspecified atom stereocenters. The largest absolute Gasteiger partial charge is 0.486 e. The molecule has 3 rings (SSSR count). The quantitative estimate of drug-likeness (QED) is 0.654. The van der Waals surface area contributed by atoms with Gasteiger partial charge in [-0.15, -0.1) is 0 Å². The van der Waals surface area contributed by atoms with Crippen LogP contribution in [-0.4, -0.2) is 13.4 Å². The van der Waals surface area contributed by atoms with E-state index in [1.807, 2.05) is 6.07 Å². The minimum absolute atomic E-state index is 0.105. The van der Waals surface area contributed by atoms with Crippen molar-refractivity contribution in [3.63, 3.8) is 0 Å². The lowest BCUT2D eigenvalue weighted by atomic mass is 10.3. The fourth-order valence-electron chi connectivity index (χ4n) is 2.22. The van der Waals surface area contributed by atoms with Crippen LogP contribution in [0.15, 0.2) is 65.7 Å². The van der Waals surface area contributed by atoms with Crippen molar-refractivity contribution in [1.29, 1.82) is 0 Å². The Morgan fingerprint density at radius 2 is 1.89 bits per heavy atom. The Morgan fingerprint density at radius 3 is 2.56 bits per heavy atom. The molecule has 5 nitrogen and oxygen atoms in total. The smallest absolute Gasteiger partial charge is 0.264 e. The molecule has 0 radical (unpaired) electrons. The molecule has 0 aliphatic rings. The van der Waals surface area contributed by atoms with Crippen LogP contribution in [0.5, 0.6) is 5.75 Å². The van der Waals surface area contributed by atoms with Crippen molar-refractivity contribution < 1.29 is 21.9 Å². The van der Waals surface area contributed by atoms with Gasteiger partial charge in [-0.2, -0.15) is 0 Å². The van der Waals surface area contributed by atoms with Crippen molar-refractivity contribution in [2.24, 2.45) is 0 Å². The molecule has 140 valence electrons. The van der Waals surface area contributed by atoms with E-state index in [0.717, 1.165) is 12.1 Å². The number of ether oxygens (including phenoxy) is 1. The zero-order chi connectivity index (χ0) is 19.4. The molecule has 1 N–H and O–H groups in total. The molecule has 0 aliphatic carbocycles. The first-order chi connectivity index (χ1) is 12.8. The fourth-order valence-corrected chi connectivity index (χ4v) is 3.57. The molecule has 0 aliphatic heterocycles. The lowest BCUT2D eigenvalue weighted by Crippen LogP contribution is -2.14. The van der Waals surface area contributed by atoms with E-state index in [1.165, 1.54) is 18.2 Å². The highest BCUT2D eigenvalue weighted by atomic mass is 35.5. The van der Waals surface area contributed by atoms with Gasteiger partial charge in [0.2, 0.25) is 0 Å². The number of aromatic nitrogens is 1. The Kier molecular flexibility index (Phi) is 5.57. The molecule has 3 aromatic rings. The maximum atomic E-state index is 13.7. The molecule has 2 aromatic carbocycles. The van der Waals surface area contributed by atoms with E-state index < -0.39 is 26.6 Å². The minimum Gasteiger partial charge on any atom is -0.486 e. The van der Waals surface area contributed by atoms with Crippen LogP contribution >= 0.6 is 11.6 Å². The SMILES string of the molecule is O=S(=O)(Nc1ccc(OCc2ccccn2)c(Cl)c1)c1ccc(F)cc1F. The van der Waals surface area contributed by atoms with E-state index in [2.05, 4.69) is 9.71 Å². The second kappa shape index (κ2) is 7.89. The number of hydrogen-bond acceptors (Lipinski definition) is 4. The van der Waals surface area contributed by atoms with Crippen molar-refractivity contribution in [3.8, 4) is 5.75 Å². The number of hydrogen-bond donors (Lipinski definition) is 1. The minimum atomic E-state index is -4.25. The summed E-state index contributed by atoms with van der Waals surface area (Å²) in [5.41, 5.74) is 0.805. The Morgan fingerprint density at radius 1 is 1.07 bits per heavy atom. The van der Waals surface area contributed by atoms with Crippen LogP contribution in [0.4, 0.5) is 14.5 Å². The van der Waals surface area contributed by atoms with Gasteiger partial charge in [0.25, 0.3) is 10.0 Å². The monoisotopic (exact) mass is 410 g/mol. The summed E-state index contributed by atoms with van der Waals surface area (Å²) in [6, 6.07) is 11.8. The van der Waals surface area contributed by atoms with Crippen LogP contribution in [0.2, 0.25) is 5.02 Å². The molecule has 27 heavy (non-hydrogen) atoms. The molecule has 0 spiro atoms. The summed E-state index contributed by atoms with van der Waals surface area (Å²) in [5.74, 6) is -1.73. The average Bonchev–Trinajstić information content (AvgIpc) is 2.61. The third-order valence-corrected chi connectivity index (χ3v) is 5.18. The molecule has 1 heterocycles. The van der Waals surface area contributed by atoms with E-state index in [-0.39, 0.29) is 17.3 Å². The van der Waals surface area contributed by atoms with Gasteiger partial charge in [0.1, 0.15) is 28.9 Å². The summed E-state index contributed by atoms with van der Waals surface area (Å²) < 4.78 is 59.0. The zero-order valence-corrected chi connectivity index (χ0v) is 15.3. The lowest BCUT2D eigenvalue weighted by molar-refractivity contribution is 0.301. The maximum Gasteiger partial charge on any atom is 0.264 e. The molecule has 1 aromatic heterocycles. The number of pyridine rings is 1. The summed E-state index contributed by atoms with van der Waals surface area (Å²) in [4.78, 5) is 3.44. The van der Waals surface area contributed by atoms with E-state index in [1.54, 1.807) is 18.3 Å². The third-order valence-electron chi connectivity index (χ3n) is 3.47. The third kappa shape index (κ3) is 4.72. The molecule has 0 saturated heterocycles. The molecule has 9 heteroatoms. The van der Waals surface area contributed by atoms with Crippen LogP contribution < -0.4 is 9.46 Å². The number of halogens is 3. The maximum absolute atomic E-state index is 13.7. The van der Waals surface area contributed by atoms with Gasteiger partial charge in [-0.3, -0.25) is 9.71 Å².